The Kier molecular flexibility index (Phi) is 9.37. The zero-order valence-corrected chi connectivity index (χ0v) is 29.8. The van der Waals surface area contributed by atoms with Gasteiger partial charge in [-0.1, -0.05) is 37.9 Å². The van der Waals surface area contributed by atoms with Gasteiger partial charge in [-0.15, -0.1) is 0 Å². The summed E-state index contributed by atoms with van der Waals surface area (Å²) >= 11 is 6.42. The molecule has 1 aromatic carbocycles. The zero-order valence-electron chi connectivity index (χ0n) is 28.3. The lowest BCUT2D eigenvalue weighted by atomic mass is 9.87. The van der Waals surface area contributed by atoms with Crippen LogP contribution in [0.5, 0.6) is 11.6 Å². The first kappa shape index (κ1) is 36.6. The van der Waals surface area contributed by atoms with E-state index in [2.05, 4.69) is 4.98 Å². The molecular weight excluding hydrogens is 703 g/mol. The van der Waals surface area contributed by atoms with Crippen LogP contribution in [0.15, 0.2) is 24.3 Å². The van der Waals surface area contributed by atoms with Crippen LogP contribution in [-0.4, -0.2) is 73.0 Å². The van der Waals surface area contributed by atoms with Crippen LogP contribution >= 0.6 is 11.6 Å². The Morgan fingerprint density at radius 1 is 1.16 bits per heavy atom. The second-order valence-electron chi connectivity index (χ2n) is 14.4. The number of amides is 2. The number of Topliss-reactive ketones (excluding diaryl/α,β-unsaturated/α-hetero) is 1. The fourth-order valence-electron chi connectivity index (χ4n) is 7.35. The summed E-state index contributed by atoms with van der Waals surface area (Å²) in [5.74, 6) is -3.54. The Morgan fingerprint density at radius 3 is 2.44 bits per heavy atom. The third-order valence-corrected chi connectivity index (χ3v) is 12.3. The minimum Gasteiger partial charge on any atom is -0.488 e. The Morgan fingerprint density at radius 2 is 1.86 bits per heavy atom. The third kappa shape index (κ3) is 6.89. The fourth-order valence-corrected chi connectivity index (χ4v) is 8.74. The van der Waals surface area contributed by atoms with Gasteiger partial charge in [0.2, 0.25) is 17.7 Å². The van der Waals surface area contributed by atoms with Gasteiger partial charge >= 0.3 is 16.5 Å². The van der Waals surface area contributed by atoms with Crippen molar-refractivity contribution in [1.82, 2.24) is 14.6 Å². The predicted octanol–water partition coefficient (Wildman–Crippen LogP) is 5.92. The van der Waals surface area contributed by atoms with Crippen LogP contribution in [0.4, 0.5) is 13.2 Å². The van der Waals surface area contributed by atoms with Gasteiger partial charge in [-0.2, -0.15) is 21.6 Å². The van der Waals surface area contributed by atoms with E-state index in [1.165, 1.54) is 6.92 Å². The van der Waals surface area contributed by atoms with Crippen molar-refractivity contribution in [2.24, 2.45) is 22.7 Å². The van der Waals surface area contributed by atoms with E-state index in [1.807, 2.05) is 11.6 Å². The third-order valence-electron chi connectivity index (χ3n) is 10.9. The Bertz CT molecular complexity index is 1820. The number of carbonyl (C=O) groups is 3. The summed E-state index contributed by atoms with van der Waals surface area (Å²) in [6, 6.07) is 5.40. The normalized spacial score (nSPS) is 27.0. The number of aromatic nitrogens is 1. The standard InChI is InChI=1S/C34H41ClF3N3O8S/c1-5-20-16-32(20,30(44)40-50(45,46)49-31(4)10-11-31)17-25(42)24-14-21(18-41(24)29(43)19(3)33(12-13-33)34(36,37)38)48-26-15-27(47-6-2)39-28-22(26)8-7-9-23(28)35/h7-9,15,19-21,24H,5-6,10-14,16-18H2,1-4H3,(H,40,44)/t19?,20-,21-,24+,32-/m1/s1. The van der Waals surface area contributed by atoms with E-state index in [0.717, 1.165) is 4.90 Å². The van der Waals surface area contributed by atoms with Crippen molar-refractivity contribution in [3.63, 3.8) is 0 Å². The molecule has 1 saturated heterocycles. The molecule has 2 aromatic rings. The van der Waals surface area contributed by atoms with Crippen molar-refractivity contribution in [2.45, 2.75) is 103 Å². The lowest BCUT2D eigenvalue weighted by molar-refractivity contribution is -0.205. The van der Waals surface area contributed by atoms with Gasteiger partial charge in [-0.3, -0.25) is 14.4 Å². The van der Waals surface area contributed by atoms with Gasteiger partial charge in [0.25, 0.3) is 0 Å². The number of para-hydroxylation sites is 1. The molecule has 0 bridgehead atoms. The number of ether oxygens (including phenoxy) is 2. The van der Waals surface area contributed by atoms with Crippen molar-refractivity contribution in [2.75, 3.05) is 13.2 Å². The number of halogens is 4. The van der Waals surface area contributed by atoms with E-state index >= 15 is 0 Å². The molecule has 0 radical (unpaired) electrons. The summed E-state index contributed by atoms with van der Waals surface area (Å²) in [5, 5.41) is 0.858. The Hall–Kier alpha value is -3.17. The van der Waals surface area contributed by atoms with Crippen molar-refractivity contribution in [1.29, 1.82) is 0 Å². The van der Waals surface area contributed by atoms with Gasteiger partial charge < -0.3 is 14.4 Å². The van der Waals surface area contributed by atoms with E-state index in [1.54, 1.807) is 38.1 Å². The number of hydrogen-bond acceptors (Lipinski definition) is 9. The van der Waals surface area contributed by atoms with Crippen molar-refractivity contribution >= 4 is 50.4 Å². The number of benzene rings is 1. The molecule has 1 aromatic heterocycles. The van der Waals surface area contributed by atoms with Crippen LogP contribution in [-0.2, 0) is 28.9 Å². The van der Waals surface area contributed by atoms with Crippen LogP contribution in [0, 0.1) is 22.7 Å². The van der Waals surface area contributed by atoms with Crippen LogP contribution < -0.4 is 14.2 Å². The molecule has 1 aliphatic heterocycles. The van der Waals surface area contributed by atoms with Gasteiger partial charge in [0.1, 0.15) is 11.9 Å². The SMILES string of the molecule is CCOc1cc(O[C@@H]2C[C@@H](C(=O)C[C@]3(C(=O)NS(=O)(=O)OC4(C)CC4)C[C@H]3CC)N(C(=O)C(C)C3(C(F)(F)F)CC3)C2)c2cccc(Cl)c2n1. The first-order chi connectivity index (χ1) is 23.4. The quantitative estimate of drug-likeness (QED) is 0.250. The van der Waals surface area contributed by atoms with Gasteiger partial charge in [-0.25, -0.2) is 13.9 Å². The van der Waals surface area contributed by atoms with Gasteiger partial charge in [0, 0.05) is 30.2 Å². The molecule has 1 N–H and O–H groups in total. The van der Waals surface area contributed by atoms with Crippen molar-refractivity contribution < 1.29 is 49.6 Å². The van der Waals surface area contributed by atoms with E-state index in [9.17, 15) is 36.0 Å². The lowest BCUT2D eigenvalue weighted by Crippen LogP contribution is -2.48. The number of fused-ring (bicyclic) bond motifs is 1. The Labute approximate surface area is 293 Å². The van der Waals surface area contributed by atoms with Crippen molar-refractivity contribution in [3.8, 4) is 11.6 Å². The second kappa shape index (κ2) is 12.8. The van der Waals surface area contributed by atoms with E-state index in [4.69, 9.17) is 25.3 Å². The van der Waals surface area contributed by atoms with Gasteiger partial charge in [0.15, 0.2) is 5.78 Å². The average molecular weight is 744 g/mol. The minimum absolute atomic E-state index is 0.0705. The van der Waals surface area contributed by atoms with Crippen LogP contribution in [0.1, 0.15) is 79.1 Å². The second-order valence-corrected chi connectivity index (χ2v) is 16.1. The lowest BCUT2D eigenvalue weighted by Gasteiger charge is -2.32. The molecule has 4 aliphatic rings. The smallest absolute Gasteiger partial charge is 0.395 e. The maximum atomic E-state index is 14.2. The molecule has 2 amide bonds. The maximum absolute atomic E-state index is 14.2. The predicted molar refractivity (Wildman–Crippen MR) is 176 cm³/mol. The molecule has 3 aliphatic carbocycles. The number of ketones is 1. The molecule has 0 spiro atoms. The first-order valence-electron chi connectivity index (χ1n) is 16.9. The molecule has 16 heteroatoms. The monoisotopic (exact) mass is 743 g/mol. The largest absolute Gasteiger partial charge is 0.488 e. The first-order valence-corrected chi connectivity index (χ1v) is 18.7. The van der Waals surface area contributed by atoms with Crippen LogP contribution in [0.25, 0.3) is 10.9 Å². The minimum atomic E-state index is -4.61. The molecule has 4 fully saturated rings. The molecule has 11 nitrogen and oxygen atoms in total. The highest BCUT2D eigenvalue weighted by Gasteiger charge is 2.68. The summed E-state index contributed by atoms with van der Waals surface area (Å²) < 4.78 is 86.9. The number of nitrogens with zero attached hydrogens (tertiary/aromatic N) is 2. The topological polar surface area (TPSA) is 141 Å². The number of carbonyl (C=O) groups excluding carboxylic acids is 3. The molecule has 3 saturated carbocycles. The Balaban J connectivity index is 1.28. The highest BCUT2D eigenvalue weighted by molar-refractivity contribution is 7.85. The number of likely N-dealkylation sites (tertiary alicyclic amines) is 1. The number of pyridine rings is 1. The molecule has 50 heavy (non-hydrogen) atoms. The summed E-state index contributed by atoms with van der Waals surface area (Å²) in [5.41, 5.74) is -4.05. The van der Waals surface area contributed by atoms with Gasteiger partial charge in [-0.05, 0) is 64.0 Å². The van der Waals surface area contributed by atoms with E-state index in [0.29, 0.717) is 47.5 Å². The fraction of sp³-hybridized carbons (Fsp3) is 0.647. The highest BCUT2D eigenvalue weighted by atomic mass is 35.5. The van der Waals surface area contributed by atoms with Crippen molar-refractivity contribution in [3.05, 3.63) is 29.3 Å². The number of hydrogen-bond donors (Lipinski definition) is 1. The van der Waals surface area contributed by atoms with Crippen LogP contribution in [0.2, 0.25) is 5.02 Å². The average Bonchev–Trinajstić information content (AvgIpc) is 3.98. The number of nitrogens with one attached hydrogen (secondary N) is 1. The summed E-state index contributed by atoms with van der Waals surface area (Å²) in [4.78, 5) is 47.2. The summed E-state index contributed by atoms with van der Waals surface area (Å²) in [6.07, 6.45) is -4.59. The summed E-state index contributed by atoms with van der Waals surface area (Å²) in [7, 11) is -4.46. The number of rotatable bonds is 14. The number of alkyl halides is 3. The molecule has 6 rings (SSSR count). The van der Waals surface area contributed by atoms with Crippen LogP contribution in [0.3, 0.4) is 0 Å². The summed E-state index contributed by atoms with van der Waals surface area (Å²) in [6.45, 7) is 6.53. The highest BCUT2D eigenvalue weighted by Crippen LogP contribution is 2.63. The van der Waals surface area contributed by atoms with E-state index < -0.39 is 75.0 Å². The molecular formula is C34H41ClF3N3O8S. The zero-order chi connectivity index (χ0) is 36.4. The molecule has 2 heterocycles. The molecule has 5 atom stereocenters. The van der Waals surface area contributed by atoms with E-state index in [-0.39, 0.29) is 44.0 Å². The molecule has 1 unspecified atom stereocenters. The maximum Gasteiger partial charge on any atom is 0.395 e. The molecule has 274 valence electrons. The van der Waals surface area contributed by atoms with Gasteiger partial charge in [0.05, 0.1) is 46.2 Å².